The van der Waals surface area contributed by atoms with Crippen LogP contribution in [0.2, 0.25) is 0 Å². The normalized spacial score (nSPS) is 17.7. The van der Waals surface area contributed by atoms with Gasteiger partial charge in [-0.25, -0.2) is 4.68 Å². The number of hydrogen-bond acceptors (Lipinski definition) is 5. The minimum absolute atomic E-state index is 0.311. The molecule has 124 valence electrons. The molecule has 3 rings (SSSR count). The molecule has 23 heavy (non-hydrogen) atoms. The summed E-state index contributed by atoms with van der Waals surface area (Å²) in [4.78, 5) is 0. The van der Waals surface area contributed by atoms with Crippen LogP contribution in [0.1, 0.15) is 18.5 Å². The first-order valence-electron chi connectivity index (χ1n) is 7.87. The van der Waals surface area contributed by atoms with Crippen molar-refractivity contribution in [1.82, 2.24) is 15.1 Å². The fourth-order valence-corrected chi connectivity index (χ4v) is 5.02. The molecule has 2 aromatic rings. The molecule has 1 saturated heterocycles. The van der Waals surface area contributed by atoms with Crippen LogP contribution in [0.25, 0.3) is 5.69 Å². The first-order valence-corrected chi connectivity index (χ1v) is 10.2. The lowest BCUT2D eigenvalue weighted by Gasteiger charge is -2.20. The van der Waals surface area contributed by atoms with Crippen molar-refractivity contribution >= 4 is 23.5 Å². The zero-order valence-corrected chi connectivity index (χ0v) is 15.2. The van der Waals surface area contributed by atoms with Gasteiger partial charge < -0.3 is 10.1 Å². The van der Waals surface area contributed by atoms with Gasteiger partial charge in [0.25, 0.3) is 0 Å². The minimum Gasteiger partial charge on any atom is -0.497 e. The van der Waals surface area contributed by atoms with E-state index in [0.717, 1.165) is 11.4 Å². The molecular formula is C17H23N3OS2. The molecule has 1 aliphatic rings. The van der Waals surface area contributed by atoms with E-state index in [2.05, 4.69) is 47.1 Å². The lowest BCUT2D eigenvalue weighted by atomic mass is 10.1. The Kier molecular flexibility index (Phi) is 5.91. The molecule has 1 atom stereocenters. The van der Waals surface area contributed by atoms with Crippen LogP contribution in [0.3, 0.4) is 0 Å². The van der Waals surface area contributed by atoms with Gasteiger partial charge >= 0.3 is 0 Å². The molecule has 4 nitrogen and oxygen atoms in total. The maximum absolute atomic E-state index is 5.20. The topological polar surface area (TPSA) is 39.1 Å². The van der Waals surface area contributed by atoms with Crippen molar-refractivity contribution in [3.8, 4) is 11.4 Å². The third-order valence-corrected chi connectivity index (χ3v) is 6.46. The van der Waals surface area contributed by atoms with Gasteiger partial charge in [-0.1, -0.05) is 0 Å². The van der Waals surface area contributed by atoms with Crippen molar-refractivity contribution in [2.45, 2.75) is 19.0 Å². The van der Waals surface area contributed by atoms with E-state index in [9.17, 15) is 0 Å². The van der Waals surface area contributed by atoms with E-state index in [-0.39, 0.29) is 0 Å². The summed E-state index contributed by atoms with van der Waals surface area (Å²) in [6.45, 7) is 2.22. The summed E-state index contributed by atoms with van der Waals surface area (Å²) in [5, 5.41) is 8.24. The molecule has 0 bridgehead atoms. The number of methoxy groups -OCH3 is 1. The Balaban J connectivity index is 1.65. The van der Waals surface area contributed by atoms with Gasteiger partial charge in [0.1, 0.15) is 5.75 Å². The maximum atomic E-state index is 5.20. The smallest absolute Gasteiger partial charge is 0.119 e. The van der Waals surface area contributed by atoms with Crippen LogP contribution in [0.5, 0.6) is 5.75 Å². The Hall–Kier alpha value is -1.11. The first kappa shape index (κ1) is 16.7. The molecule has 1 aromatic heterocycles. The van der Waals surface area contributed by atoms with Crippen molar-refractivity contribution < 1.29 is 4.74 Å². The number of rotatable bonds is 5. The van der Waals surface area contributed by atoms with Gasteiger partial charge in [-0.2, -0.15) is 28.6 Å². The Morgan fingerprint density at radius 2 is 1.91 bits per heavy atom. The van der Waals surface area contributed by atoms with Gasteiger partial charge in [0.2, 0.25) is 0 Å². The summed E-state index contributed by atoms with van der Waals surface area (Å²) >= 11 is 4.10. The predicted octanol–water partition coefficient (Wildman–Crippen LogP) is 3.38. The van der Waals surface area contributed by atoms with E-state index < -0.39 is 0 Å². The number of nitrogens with one attached hydrogen (secondary N) is 1. The van der Waals surface area contributed by atoms with E-state index in [1.54, 1.807) is 7.11 Å². The molecule has 0 amide bonds. The Morgan fingerprint density at radius 1 is 1.22 bits per heavy atom. The highest BCUT2D eigenvalue weighted by Gasteiger charge is 2.17. The quantitative estimate of drug-likeness (QED) is 0.896. The monoisotopic (exact) mass is 349 g/mol. The van der Waals surface area contributed by atoms with Crippen LogP contribution in [0.15, 0.2) is 36.7 Å². The Morgan fingerprint density at radius 3 is 2.57 bits per heavy atom. The van der Waals surface area contributed by atoms with E-state index >= 15 is 0 Å². The van der Waals surface area contributed by atoms with Crippen molar-refractivity contribution in [3.63, 3.8) is 0 Å². The number of thioether (sulfide) groups is 2. The fourth-order valence-electron chi connectivity index (χ4n) is 2.60. The number of benzene rings is 1. The second-order valence-corrected chi connectivity index (χ2v) is 7.95. The van der Waals surface area contributed by atoms with Crippen LogP contribution in [0, 0.1) is 0 Å². The highest BCUT2D eigenvalue weighted by Crippen LogP contribution is 2.21. The largest absolute Gasteiger partial charge is 0.497 e. The Labute approximate surface area is 146 Å². The maximum Gasteiger partial charge on any atom is 0.119 e. The molecule has 0 spiro atoms. The van der Waals surface area contributed by atoms with Gasteiger partial charge in [-0.05, 0) is 31.2 Å². The molecule has 1 aromatic carbocycles. The summed E-state index contributed by atoms with van der Waals surface area (Å²) in [7, 11) is 1.68. The zero-order chi connectivity index (χ0) is 16.1. The third-order valence-electron chi connectivity index (χ3n) is 3.94. The summed E-state index contributed by atoms with van der Waals surface area (Å²) < 4.78 is 7.12. The zero-order valence-electron chi connectivity index (χ0n) is 13.6. The standard InChI is InChI=1S/C17H23N3OS2/c1-13(19-15-11-22-7-8-23-12-15)14-9-18-20(10-14)16-3-5-17(21-2)6-4-16/h3-6,9-10,13,15,19H,7-8,11-12H2,1-2H3/t13-/m0/s1. The molecule has 0 unspecified atom stereocenters. The SMILES string of the molecule is COc1ccc(-n2cc([C@H](C)NC3CSCCSC3)cn2)cc1. The predicted molar refractivity (Wildman–Crippen MR) is 100 cm³/mol. The van der Waals surface area contributed by atoms with Crippen LogP contribution >= 0.6 is 23.5 Å². The van der Waals surface area contributed by atoms with Gasteiger partial charge in [0.15, 0.2) is 0 Å². The molecule has 2 heterocycles. The summed E-state index contributed by atoms with van der Waals surface area (Å²) in [6.07, 6.45) is 4.06. The molecule has 6 heteroatoms. The fraction of sp³-hybridized carbons (Fsp3) is 0.471. The molecular weight excluding hydrogens is 326 g/mol. The number of hydrogen-bond donors (Lipinski definition) is 1. The lowest BCUT2D eigenvalue weighted by molar-refractivity contribution is 0.414. The second kappa shape index (κ2) is 8.13. The van der Waals surface area contributed by atoms with Crippen LogP contribution in [-0.2, 0) is 0 Å². The minimum atomic E-state index is 0.311. The molecule has 1 fully saturated rings. The van der Waals surface area contributed by atoms with E-state index in [1.807, 2.05) is 35.1 Å². The van der Waals surface area contributed by atoms with Gasteiger partial charge in [-0.15, -0.1) is 0 Å². The molecule has 0 aliphatic carbocycles. The van der Waals surface area contributed by atoms with Crippen LogP contribution < -0.4 is 10.1 Å². The van der Waals surface area contributed by atoms with Gasteiger partial charge in [0, 0.05) is 46.9 Å². The molecule has 1 N–H and O–H groups in total. The highest BCUT2D eigenvalue weighted by atomic mass is 32.2. The van der Waals surface area contributed by atoms with Crippen molar-refractivity contribution in [2.75, 3.05) is 30.1 Å². The van der Waals surface area contributed by atoms with E-state index in [4.69, 9.17) is 4.74 Å². The number of ether oxygens (including phenoxy) is 1. The number of nitrogens with zero attached hydrogens (tertiary/aromatic N) is 2. The van der Waals surface area contributed by atoms with Crippen molar-refractivity contribution in [2.24, 2.45) is 0 Å². The summed E-state index contributed by atoms with van der Waals surface area (Å²) in [5.74, 6) is 5.80. The first-order chi connectivity index (χ1) is 11.3. The van der Waals surface area contributed by atoms with Gasteiger partial charge in [-0.3, -0.25) is 0 Å². The average Bonchev–Trinajstić information content (AvgIpc) is 2.94. The summed E-state index contributed by atoms with van der Waals surface area (Å²) in [5.41, 5.74) is 2.27. The molecule has 1 aliphatic heterocycles. The highest BCUT2D eigenvalue weighted by molar-refractivity contribution is 8.03. The van der Waals surface area contributed by atoms with Crippen LogP contribution in [-0.4, -0.2) is 45.9 Å². The molecule has 0 radical (unpaired) electrons. The van der Waals surface area contributed by atoms with Crippen molar-refractivity contribution in [1.29, 1.82) is 0 Å². The van der Waals surface area contributed by atoms with E-state index in [0.29, 0.717) is 12.1 Å². The van der Waals surface area contributed by atoms with Crippen LogP contribution in [0.4, 0.5) is 0 Å². The molecule has 0 saturated carbocycles. The second-order valence-electron chi connectivity index (χ2n) is 5.65. The summed E-state index contributed by atoms with van der Waals surface area (Å²) in [6, 6.07) is 8.84. The lowest BCUT2D eigenvalue weighted by Crippen LogP contribution is -2.35. The van der Waals surface area contributed by atoms with E-state index in [1.165, 1.54) is 28.6 Å². The Bertz CT molecular complexity index is 607. The van der Waals surface area contributed by atoms with Gasteiger partial charge in [0.05, 0.1) is 19.0 Å². The average molecular weight is 350 g/mol. The number of aromatic nitrogens is 2. The third kappa shape index (κ3) is 4.46. The van der Waals surface area contributed by atoms with Crippen molar-refractivity contribution in [3.05, 3.63) is 42.2 Å².